The molecule has 0 saturated carbocycles. The van der Waals surface area contributed by atoms with Crippen LogP contribution in [0.1, 0.15) is 25.1 Å². The molecule has 0 saturated heterocycles. The summed E-state index contributed by atoms with van der Waals surface area (Å²) in [7, 11) is 0. The number of rotatable bonds is 6. The number of nitrogens with zero attached hydrogens (tertiary/aromatic N) is 1. The third-order valence-corrected chi connectivity index (χ3v) is 3.17. The van der Waals surface area contributed by atoms with Crippen LogP contribution in [0.15, 0.2) is 24.4 Å². The Hall–Kier alpha value is -1.88. The predicted octanol–water partition coefficient (Wildman–Crippen LogP) is 3.84. The lowest BCUT2D eigenvalue weighted by Gasteiger charge is -2.09. The fourth-order valence-corrected chi connectivity index (χ4v) is 2.03. The number of pyridine rings is 1. The van der Waals surface area contributed by atoms with Crippen LogP contribution in [0.2, 0.25) is 0 Å². The largest absolute Gasteiger partial charge is 0.462 e. The number of benzene rings is 1. The summed E-state index contributed by atoms with van der Waals surface area (Å²) in [6, 6.07) is 4.55. The van der Waals surface area contributed by atoms with E-state index in [2.05, 4.69) is 10.3 Å². The maximum Gasteiger partial charge on any atom is 0.339 e. The van der Waals surface area contributed by atoms with Crippen LogP contribution in [0.3, 0.4) is 0 Å². The number of esters is 1. The molecule has 0 aliphatic heterocycles. The number of carbonyl (C=O) groups is 1. The zero-order valence-corrected chi connectivity index (χ0v) is 12.4. The third kappa shape index (κ3) is 3.82. The van der Waals surface area contributed by atoms with Crippen molar-refractivity contribution in [1.29, 1.82) is 0 Å². The SMILES string of the molecule is CCOC(=O)c1cnc2cc(NCCCCl)c(F)cc2c1.[HH]. The van der Waals surface area contributed by atoms with Crippen LogP contribution < -0.4 is 5.32 Å². The van der Waals surface area contributed by atoms with E-state index < -0.39 is 5.97 Å². The second-order valence-corrected chi connectivity index (χ2v) is 4.82. The van der Waals surface area contributed by atoms with E-state index in [1.807, 2.05) is 0 Å². The zero-order chi connectivity index (χ0) is 15.2. The summed E-state index contributed by atoms with van der Waals surface area (Å²) in [5, 5.41) is 3.53. The van der Waals surface area contributed by atoms with Crippen molar-refractivity contribution in [3.05, 3.63) is 35.8 Å². The van der Waals surface area contributed by atoms with Gasteiger partial charge in [-0.15, -0.1) is 11.6 Å². The Balaban J connectivity index is 0.00000242. The van der Waals surface area contributed by atoms with E-state index in [0.717, 1.165) is 6.42 Å². The molecule has 0 aliphatic carbocycles. The zero-order valence-electron chi connectivity index (χ0n) is 11.7. The Morgan fingerprint density at radius 1 is 1.48 bits per heavy atom. The molecule has 1 N–H and O–H groups in total. The average molecular weight is 313 g/mol. The quantitative estimate of drug-likeness (QED) is 0.500. The summed E-state index contributed by atoms with van der Waals surface area (Å²) >= 11 is 5.59. The van der Waals surface area contributed by atoms with Gasteiger partial charge in [-0.1, -0.05) is 0 Å². The minimum absolute atomic E-state index is 0. The lowest BCUT2D eigenvalue weighted by Crippen LogP contribution is -2.06. The van der Waals surface area contributed by atoms with Crippen LogP contribution in [0.25, 0.3) is 10.9 Å². The minimum Gasteiger partial charge on any atom is -0.462 e. The fourth-order valence-electron chi connectivity index (χ4n) is 1.90. The van der Waals surface area contributed by atoms with E-state index in [1.54, 1.807) is 19.1 Å². The van der Waals surface area contributed by atoms with Gasteiger partial charge in [-0.3, -0.25) is 4.98 Å². The van der Waals surface area contributed by atoms with Crippen molar-refractivity contribution in [2.24, 2.45) is 0 Å². The lowest BCUT2D eigenvalue weighted by atomic mass is 10.1. The van der Waals surface area contributed by atoms with E-state index in [9.17, 15) is 9.18 Å². The highest BCUT2D eigenvalue weighted by Gasteiger charge is 2.10. The van der Waals surface area contributed by atoms with Gasteiger partial charge in [-0.25, -0.2) is 9.18 Å². The Bertz CT molecular complexity index is 655. The molecule has 4 nitrogen and oxygen atoms in total. The fraction of sp³-hybridized carbons (Fsp3) is 0.333. The molecule has 2 aromatic rings. The molecular weight excluding hydrogens is 295 g/mol. The van der Waals surface area contributed by atoms with Gasteiger partial charge in [-0.05, 0) is 31.5 Å². The van der Waals surface area contributed by atoms with E-state index in [4.69, 9.17) is 16.3 Å². The van der Waals surface area contributed by atoms with E-state index in [0.29, 0.717) is 34.6 Å². The topological polar surface area (TPSA) is 51.2 Å². The molecule has 0 fully saturated rings. The molecule has 0 unspecified atom stereocenters. The van der Waals surface area contributed by atoms with E-state index in [1.165, 1.54) is 12.3 Å². The molecule has 21 heavy (non-hydrogen) atoms. The molecule has 114 valence electrons. The summed E-state index contributed by atoms with van der Waals surface area (Å²) in [6.07, 6.45) is 2.18. The van der Waals surface area contributed by atoms with Crippen molar-refractivity contribution in [3.8, 4) is 0 Å². The first-order valence-electron chi connectivity index (χ1n) is 6.72. The van der Waals surface area contributed by atoms with Crippen molar-refractivity contribution in [2.75, 3.05) is 24.3 Å². The highest BCUT2D eigenvalue weighted by Crippen LogP contribution is 2.22. The van der Waals surface area contributed by atoms with Crippen molar-refractivity contribution in [1.82, 2.24) is 4.98 Å². The number of anilines is 1. The first-order valence-corrected chi connectivity index (χ1v) is 7.25. The van der Waals surface area contributed by atoms with Crippen LogP contribution in [0.5, 0.6) is 0 Å². The van der Waals surface area contributed by atoms with Crippen molar-refractivity contribution < 1.29 is 15.3 Å². The molecule has 2 rings (SSSR count). The van der Waals surface area contributed by atoms with E-state index in [-0.39, 0.29) is 13.9 Å². The first kappa shape index (κ1) is 15.5. The van der Waals surface area contributed by atoms with Gasteiger partial charge in [0.1, 0.15) is 5.82 Å². The van der Waals surface area contributed by atoms with Crippen molar-refractivity contribution >= 4 is 34.2 Å². The molecule has 1 heterocycles. The standard InChI is InChI=1S/C15H16ClFN2O2.H2/c1-2-21-15(20)11-6-10-7-12(17)14(18-5-3-4-16)8-13(10)19-9-11;/h6-9,18H,2-5H2,1H3;1H. The number of alkyl halides is 1. The second kappa shape index (κ2) is 7.22. The maximum atomic E-state index is 14.0. The van der Waals surface area contributed by atoms with Crippen molar-refractivity contribution in [3.63, 3.8) is 0 Å². The Morgan fingerprint density at radius 3 is 3.00 bits per heavy atom. The molecule has 0 radical (unpaired) electrons. The second-order valence-electron chi connectivity index (χ2n) is 4.44. The number of carbonyl (C=O) groups excluding carboxylic acids is 1. The van der Waals surface area contributed by atoms with Crippen LogP contribution in [-0.4, -0.2) is 30.0 Å². The summed E-state index contributed by atoms with van der Waals surface area (Å²) in [6.45, 7) is 2.60. The predicted molar refractivity (Wildman–Crippen MR) is 83.6 cm³/mol. The van der Waals surface area contributed by atoms with Gasteiger partial charge in [-0.2, -0.15) is 0 Å². The minimum atomic E-state index is -0.461. The summed E-state index contributed by atoms with van der Waals surface area (Å²) in [4.78, 5) is 15.8. The number of ether oxygens (including phenoxy) is 1. The summed E-state index contributed by atoms with van der Waals surface area (Å²) in [5.41, 5.74) is 1.30. The lowest BCUT2D eigenvalue weighted by molar-refractivity contribution is 0.0526. The van der Waals surface area contributed by atoms with Gasteiger partial charge in [0.2, 0.25) is 0 Å². The Labute approximate surface area is 128 Å². The molecule has 1 aromatic heterocycles. The van der Waals surface area contributed by atoms with E-state index >= 15 is 0 Å². The number of nitrogens with one attached hydrogen (secondary N) is 1. The molecule has 0 amide bonds. The number of fused-ring (bicyclic) bond motifs is 1. The normalized spacial score (nSPS) is 10.6. The van der Waals surface area contributed by atoms with Gasteiger partial charge in [0, 0.05) is 25.4 Å². The van der Waals surface area contributed by atoms with Crippen LogP contribution in [0.4, 0.5) is 10.1 Å². The number of halogens is 2. The molecule has 0 aliphatic rings. The van der Waals surface area contributed by atoms with Gasteiger partial charge < -0.3 is 10.1 Å². The number of aromatic nitrogens is 1. The van der Waals surface area contributed by atoms with Gasteiger partial charge in [0.25, 0.3) is 0 Å². The highest BCUT2D eigenvalue weighted by atomic mass is 35.5. The van der Waals surface area contributed by atoms with Crippen LogP contribution in [0, 0.1) is 5.82 Å². The molecule has 0 spiro atoms. The van der Waals surface area contributed by atoms with Gasteiger partial charge in [0.05, 0.1) is 23.4 Å². The number of hydrogen-bond donors (Lipinski definition) is 1. The maximum absolute atomic E-state index is 14.0. The average Bonchev–Trinajstić information content (AvgIpc) is 2.47. The Morgan fingerprint density at radius 2 is 2.29 bits per heavy atom. The molecule has 0 bridgehead atoms. The first-order chi connectivity index (χ1) is 10.2. The number of hydrogen-bond acceptors (Lipinski definition) is 4. The molecule has 6 heteroatoms. The van der Waals surface area contributed by atoms with Gasteiger partial charge >= 0.3 is 5.97 Å². The monoisotopic (exact) mass is 312 g/mol. The summed E-state index contributed by atoms with van der Waals surface area (Å²) in [5.74, 6) is -0.333. The highest BCUT2D eigenvalue weighted by molar-refractivity contribution is 6.17. The summed E-state index contributed by atoms with van der Waals surface area (Å²) < 4.78 is 18.9. The Kier molecular flexibility index (Phi) is 5.33. The molecule has 1 aromatic carbocycles. The van der Waals surface area contributed by atoms with Crippen LogP contribution in [-0.2, 0) is 4.74 Å². The van der Waals surface area contributed by atoms with Crippen molar-refractivity contribution in [2.45, 2.75) is 13.3 Å². The molecular formula is C15H18ClFN2O2. The third-order valence-electron chi connectivity index (χ3n) is 2.91. The van der Waals surface area contributed by atoms with Crippen LogP contribution >= 0.6 is 11.6 Å². The molecule has 0 atom stereocenters. The van der Waals surface area contributed by atoms with Gasteiger partial charge in [0.15, 0.2) is 0 Å². The smallest absolute Gasteiger partial charge is 0.339 e.